The molecule has 1 amide bonds. The Morgan fingerprint density at radius 2 is 2.26 bits per heavy atom. The van der Waals surface area contributed by atoms with Crippen LogP contribution >= 0.6 is 0 Å². The molecule has 124 valence electrons. The van der Waals surface area contributed by atoms with Crippen molar-refractivity contribution in [3.8, 4) is 0 Å². The second kappa shape index (κ2) is 7.08. The van der Waals surface area contributed by atoms with Crippen LogP contribution in [0.5, 0.6) is 0 Å². The largest absolute Gasteiger partial charge is 0.391 e. The average Bonchev–Trinajstić information content (AvgIpc) is 2.93. The monoisotopic (exact) mass is 319 g/mol. The number of hydrogen-bond donors (Lipinski definition) is 3. The van der Waals surface area contributed by atoms with Crippen LogP contribution in [0, 0.1) is 0 Å². The van der Waals surface area contributed by atoms with Crippen molar-refractivity contribution in [1.29, 1.82) is 0 Å². The number of rotatable bonds is 5. The zero-order valence-electron chi connectivity index (χ0n) is 12.8. The predicted octanol–water partition coefficient (Wildman–Crippen LogP) is 0.185. The molecule has 1 aliphatic rings. The zero-order chi connectivity index (χ0) is 16.2. The molecular formula is C16H21N3O4. The van der Waals surface area contributed by atoms with Crippen molar-refractivity contribution >= 4 is 16.9 Å². The van der Waals surface area contributed by atoms with Gasteiger partial charge in [-0.1, -0.05) is 12.1 Å². The maximum atomic E-state index is 12.1. The van der Waals surface area contributed by atoms with E-state index in [1.54, 1.807) is 0 Å². The summed E-state index contributed by atoms with van der Waals surface area (Å²) in [6.07, 6.45) is 0.220. The lowest BCUT2D eigenvalue weighted by molar-refractivity contribution is -0.124. The van der Waals surface area contributed by atoms with Crippen molar-refractivity contribution in [1.82, 2.24) is 14.9 Å². The van der Waals surface area contributed by atoms with Gasteiger partial charge >= 0.3 is 0 Å². The van der Waals surface area contributed by atoms with E-state index in [0.717, 1.165) is 11.0 Å². The van der Waals surface area contributed by atoms with Crippen LogP contribution in [0.2, 0.25) is 0 Å². The van der Waals surface area contributed by atoms with E-state index in [1.807, 2.05) is 28.8 Å². The van der Waals surface area contributed by atoms with Gasteiger partial charge in [-0.3, -0.25) is 4.79 Å². The van der Waals surface area contributed by atoms with Crippen molar-refractivity contribution in [2.75, 3.05) is 13.2 Å². The lowest BCUT2D eigenvalue weighted by Crippen LogP contribution is -2.49. The summed E-state index contributed by atoms with van der Waals surface area (Å²) in [7, 11) is 0. The summed E-state index contributed by atoms with van der Waals surface area (Å²) in [5.41, 5.74) is 1.69. The van der Waals surface area contributed by atoms with Crippen molar-refractivity contribution in [2.24, 2.45) is 0 Å². The Kier molecular flexibility index (Phi) is 4.90. The van der Waals surface area contributed by atoms with Gasteiger partial charge in [-0.05, 0) is 18.6 Å². The lowest BCUT2D eigenvalue weighted by atomic mass is 10.1. The number of aromatic nitrogens is 2. The van der Waals surface area contributed by atoms with E-state index in [9.17, 15) is 15.0 Å². The van der Waals surface area contributed by atoms with E-state index < -0.39 is 6.10 Å². The maximum Gasteiger partial charge on any atom is 0.222 e. The minimum Gasteiger partial charge on any atom is -0.391 e. The molecule has 3 N–H and O–H groups in total. The number of benzene rings is 1. The molecule has 1 aromatic heterocycles. The highest BCUT2D eigenvalue weighted by molar-refractivity contribution is 5.78. The second-order valence-corrected chi connectivity index (χ2v) is 5.68. The predicted molar refractivity (Wildman–Crippen MR) is 83.6 cm³/mol. The third-order valence-corrected chi connectivity index (χ3v) is 4.10. The topological polar surface area (TPSA) is 96.6 Å². The van der Waals surface area contributed by atoms with Gasteiger partial charge in [0.05, 0.1) is 29.8 Å². The van der Waals surface area contributed by atoms with Crippen LogP contribution in [0.15, 0.2) is 24.3 Å². The Morgan fingerprint density at radius 1 is 1.43 bits per heavy atom. The fourth-order valence-electron chi connectivity index (χ4n) is 2.85. The zero-order valence-corrected chi connectivity index (χ0v) is 12.8. The number of carbonyl (C=O) groups excluding carboxylic acids is 1. The molecule has 0 radical (unpaired) electrons. The first kappa shape index (κ1) is 15.9. The van der Waals surface area contributed by atoms with E-state index in [-0.39, 0.29) is 25.0 Å². The Hall–Kier alpha value is -1.96. The summed E-state index contributed by atoms with van der Waals surface area (Å²) in [4.78, 5) is 16.5. The van der Waals surface area contributed by atoms with Crippen LogP contribution in [0.25, 0.3) is 11.0 Å². The highest BCUT2D eigenvalue weighted by Gasteiger charge is 2.25. The summed E-state index contributed by atoms with van der Waals surface area (Å²) in [6.45, 7) is 1.11. The molecule has 23 heavy (non-hydrogen) atoms. The molecule has 0 aliphatic carbocycles. The number of nitrogens with zero attached hydrogens (tertiary/aromatic N) is 2. The highest BCUT2D eigenvalue weighted by Crippen LogP contribution is 2.16. The fraction of sp³-hybridized carbons (Fsp3) is 0.500. The van der Waals surface area contributed by atoms with Gasteiger partial charge in [0.25, 0.3) is 0 Å². The Balaban J connectivity index is 1.64. The van der Waals surface area contributed by atoms with E-state index in [4.69, 9.17) is 4.74 Å². The molecule has 1 aliphatic heterocycles. The molecule has 2 heterocycles. The molecule has 0 spiro atoms. The molecule has 0 bridgehead atoms. The average molecular weight is 319 g/mol. The van der Waals surface area contributed by atoms with Crippen LogP contribution in [-0.2, 0) is 22.7 Å². The van der Waals surface area contributed by atoms with Crippen LogP contribution in [0.3, 0.4) is 0 Å². The number of ether oxygens (including phenoxy) is 1. The first-order valence-corrected chi connectivity index (χ1v) is 7.79. The Bertz CT molecular complexity index is 685. The second-order valence-electron chi connectivity index (χ2n) is 5.68. The first-order valence-electron chi connectivity index (χ1n) is 7.79. The van der Waals surface area contributed by atoms with Crippen LogP contribution in [0.1, 0.15) is 18.7 Å². The van der Waals surface area contributed by atoms with Gasteiger partial charge in [-0.15, -0.1) is 0 Å². The normalized spacial score (nSPS) is 21.5. The van der Waals surface area contributed by atoms with E-state index in [2.05, 4.69) is 10.3 Å². The van der Waals surface area contributed by atoms with Crippen molar-refractivity contribution in [3.05, 3.63) is 30.1 Å². The fourth-order valence-corrected chi connectivity index (χ4v) is 2.85. The minimum atomic E-state index is -0.560. The maximum absolute atomic E-state index is 12.1. The number of aliphatic hydroxyl groups is 2. The molecular weight excluding hydrogens is 298 g/mol. The lowest BCUT2D eigenvalue weighted by Gasteiger charge is -2.28. The molecule has 1 aromatic carbocycles. The number of carbonyl (C=O) groups is 1. The number of nitrogens with one attached hydrogen (secondary N) is 1. The SMILES string of the molecule is O=C(CCn1c(CO)nc2ccccc21)NC1COCCC1O. The summed E-state index contributed by atoms with van der Waals surface area (Å²) < 4.78 is 7.12. The van der Waals surface area contributed by atoms with E-state index in [1.165, 1.54) is 0 Å². The first-order chi connectivity index (χ1) is 11.2. The summed E-state index contributed by atoms with van der Waals surface area (Å²) >= 11 is 0. The number of aryl methyl sites for hydroxylation is 1. The number of aliphatic hydroxyl groups excluding tert-OH is 2. The highest BCUT2D eigenvalue weighted by atomic mass is 16.5. The van der Waals surface area contributed by atoms with Gasteiger partial charge in [0.2, 0.25) is 5.91 Å². The molecule has 1 saturated heterocycles. The molecule has 1 fully saturated rings. The van der Waals surface area contributed by atoms with Crippen molar-refractivity contribution < 1.29 is 19.7 Å². The van der Waals surface area contributed by atoms with E-state index in [0.29, 0.717) is 32.0 Å². The van der Waals surface area contributed by atoms with Crippen LogP contribution < -0.4 is 5.32 Å². The molecule has 2 unspecified atom stereocenters. The third-order valence-electron chi connectivity index (χ3n) is 4.10. The van der Waals surface area contributed by atoms with Crippen molar-refractivity contribution in [2.45, 2.75) is 38.1 Å². The Labute approximate surface area is 133 Å². The van der Waals surface area contributed by atoms with E-state index >= 15 is 0 Å². The summed E-state index contributed by atoms with van der Waals surface area (Å²) in [5, 5.41) is 22.1. The third kappa shape index (κ3) is 3.52. The number of para-hydroxylation sites is 2. The number of fused-ring (bicyclic) bond motifs is 1. The van der Waals surface area contributed by atoms with Crippen molar-refractivity contribution in [3.63, 3.8) is 0 Å². The van der Waals surface area contributed by atoms with Gasteiger partial charge in [0, 0.05) is 19.6 Å². The standard InChI is InChI=1S/C16H21N3O4/c20-9-15-17-11-3-1-2-4-13(11)19(15)7-5-16(22)18-12-10-23-8-6-14(12)21/h1-4,12,14,20-21H,5-10H2,(H,18,22). The number of hydrogen-bond acceptors (Lipinski definition) is 5. The van der Waals surface area contributed by atoms with Gasteiger partial charge < -0.3 is 24.8 Å². The molecule has 7 nitrogen and oxygen atoms in total. The van der Waals surface area contributed by atoms with Gasteiger partial charge in [-0.2, -0.15) is 0 Å². The number of amides is 1. The quantitative estimate of drug-likeness (QED) is 0.731. The number of imidazole rings is 1. The Morgan fingerprint density at radius 3 is 3.04 bits per heavy atom. The van der Waals surface area contributed by atoms with Crippen LogP contribution in [0.4, 0.5) is 0 Å². The van der Waals surface area contributed by atoms with Gasteiger partial charge in [0.1, 0.15) is 12.4 Å². The minimum absolute atomic E-state index is 0.152. The molecule has 2 aromatic rings. The molecule has 3 rings (SSSR count). The molecule has 7 heteroatoms. The molecule has 0 saturated carbocycles. The van der Waals surface area contributed by atoms with Gasteiger partial charge in [0.15, 0.2) is 0 Å². The summed E-state index contributed by atoms with van der Waals surface area (Å²) in [6, 6.07) is 7.22. The summed E-state index contributed by atoms with van der Waals surface area (Å²) in [5.74, 6) is 0.390. The molecule has 2 atom stereocenters. The van der Waals surface area contributed by atoms with Gasteiger partial charge in [-0.25, -0.2) is 4.98 Å². The van der Waals surface area contributed by atoms with Crippen LogP contribution in [-0.4, -0.2) is 51.0 Å². The smallest absolute Gasteiger partial charge is 0.222 e.